The SMILES string of the molecule is Cn1cc(NCc2cc(C(=O)O)co2)cn1. The van der Waals surface area contributed by atoms with E-state index in [1.54, 1.807) is 10.9 Å². The molecule has 0 fully saturated rings. The predicted octanol–water partition coefficient (Wildman–Crippen LogP) is 1.32. The maximum Gasteiger partial charge on any atom is 0.338 e. The molecule has 2 aromatic heterocycles. The van der Waals surface area contributed by atoms with Gasteiger partial charge in [-0.15, -0.1) is 0 Å². The standard InChI is InChI=1S/C10H11N3O3/c1-13-5-8(3-12-13)11-4-9-2-7(6-16-9)10(14)15/h2-3,5-6,11H,4H2,1H3,(H,14,15). The van der Waals surface area contributed by atoms with E-state index in [2.05, 4.69) is 10.4 Å². The fraction of sp³-hybridized carbons (Fsp3) is 0.200. The largest absolute Gasteiger partial charge is 0.478 e. The zero-order valence-electron chi connectivity index (χ0n) is 8.67. The number of hydrogen-bond donors (Lipinski definition) is 2. The van der Waals surface area contributed by atoms with Crippen LogP contribution in [0.25, 0.3) is 0 Å². The maximum atomic E-state index is 10.6. The minimum atomic E-state index is -0.989. The minimum Gasteiger partial charge on any atom is -0.478 e. The molecule has 0 atom stereocenters. The summed E-state index contributed by atoms with van der Waals surface area (Å²) in [5, 5.41) is 15.7. The molecule has 0 aliphatic carbocycles. The number of nitrogens with zero attached hydrogens (tertiary/aromatic N) is 2. The van der Waals surface area contributed by atoms with Crippen LogP contribution in [0.15, 0.2) is 29.1 Å². The molecule has 84 valence electrons. The summed E-state index contributed by atoms with van der Waals surface area (Å²) < 4.78 is 6.76. The summed E-state index contributed by atoms with van der Waals surface area (Å²) in [5.74, 6) is -0.419. The van der Waals surface area contributed by atoms with Gasteiger partial charge in [-0.1, -0.05) is 0 Å². The number of carboxylic acids is 1. The first-order valence-electron chi connectivity index (χ1n) is 4.68. The summed E-state index contributed by atoms with van der Waals surface area (Å²) in [4.78, 5) is 10.6. The van der Waals surface area contributed by atoms with Crippen molar-refractivity contribution in [2.45, 2.75) is 6.54 Å². The van der Waals surface area contributed by atoms with E-state index in [1.165, 1.54) is 12.3 Å². The van der Waals surface area contributed by atoms with Gasteiger partial charge in [0.05, 0.1) is 24.0 Å². The molecule has 0 aliphatic heterocycles. The molecular formula is C10H11N3O3. The van der Waals surface area contributed by atoms with Gasteiger partial charge in [-0.05, 0) is 6.07 Å². The third kappa shape index (κ3) is 2.22. The van der Waals surface area contributed by atoms with Gasteiger partial charge in [0.2, 0.25) is 0 Å². The summed E-state index contributed by atoms with van der Waals surface area (Å²) >= 11 is 0. The molecule has 0 spiro atoms. The number of hydrogen-bond acceptors (Lipinski definition) is 4. The number of rotatable bonds is 4. The Bertz CT molecular complexity index is 501. The Labute approximate surface area is 91.5 Å². The van der Waals surface area contributed by atoms with Crippen molar-refractivity contribution >= 4 is 11.7 Å². The van der Waals surface area contributed by atoms with Crippen molar-refractivity contribution < 1.29 is 14.3 Å². The Balaban J connectivity index is 1.97. The molecule has 0 aliphatic rings. The first-order valence-corrected chi connectivity index (χ1v) is 4.68. The number of carboxylic acid groups (broad SMARTS) is 1. The monoisotopic (exact) mass is 221 g/mol. The highest BCUT2D eigenvalue weighted by Crippen LogP contribution is 2.11. The molecular weight excluding hydrogens is 210 g/mol. The molecule has 2 heterocycles. The van der Waals surface area contributed by atoms with Crippen molar-refractivity contribution in [1.29, 1.82) is 0 Å². The normalized spacial score (nSPS) is 10.3. The van der Waals surface area contributed by atoms with Gasteiger partial charge in [-0.2, -0.15) is 5.10 Å². The Morgan fingerprint density at radius 1 is 1.69 bits per heavy atom. The van der Waals surface area contributed by atoms with Crippen LogP contribution in [0.5, 0.6) is 0 Å². The molecule has 2 rings (SSSR count). The van der Waals surface area contributed by atoms with E-state index in [9.17, 15) is 4.79 Å². The molecule has 2 aromatic rings. The summed E-state index contributed by atoms with van der Waals surface area (Å²) in [7, 11) is 1.82. The van der Waals surface area contributed by atoms with Crippen molar-refractivity contribution in [3.63, 3.8) is 0 Å². The van der Waals surface area contributed by atoms with Gasteiger partial charge in [-0.25, -0.2) is 4.79 Å². The highest BCUT2D eigenvalue weighted by atomic mass is 16.4. The van der Waals surface area contributed by atoms with Crippen molar-refractivity contribution in [3.8, 4) is 0 Å². The van der Waals surface area contributed by atoms with Crippen molar-refractivity contribution in [2.24, 2.45) is 7.05 Å². The van der Waals surface area contributed by atoms with Crippen LogP contribution in [0.2, 0.25) is 0 Å². The predicted molar refractivity (Wildman–Crippen MR) is 56.2 cm³/mol. The van der Waals surface area contributed by atoms with E-state index in [-0.39, 0.29) is 5.56 Å². The number of furan rings is 1. The van der Waals surface area contributed by atoms with Crippen molar-refractivity contribution in [3.05, 3.63) is 36.0 Å². The second kappa shape index (κ2) is 4.09. The van der Waals surface area contributed by atoms with Crippen LogP contribution in [0, 0.1) is 0 Å². The lowest BCUT2D eigenvalue weighted by atomic mass is 10.3. The number of carbonyl (C=O) groups is 1. The van der Waals surface area contributed by atoms with Crippen molar-refractivity contribution in [1.82, 2.24) is 9.78 Å². The molecule has 0 bridgehead atoms. The van der Waals surface area contributed by atoms with E-state index in [0.29, 0.717) is 12.3 Å². The van der Waals surface area contributed by atoms with E-state index < -0.39 is 5.97 Å². The molecule has 0 amide bonds. The topological polar surface area (TPSA) is 80.3 Å². The lowest BCUT2D eigenvalue weighted by Gasteiger charge is -1.98. The summed E-state index contributed by atoms with van der Waals surface area (Å²) in [5.41, 5.74) is 1.01. The Hall–Kier alpha value is -2.24. The average molecular weight is 221 g/mol. The second-order valence-corrected chi connectivity index (χ2v) is 3.36. The second-order valence-electron chi connectivity index (χ2n) is 3.36. The first kappa shape index (κ1) is 10.3. The van der Waals surface area contributed by atoms with Crippen LogP contribution in [-0.2, 0) is 13.6 Å². The molecule has 6 nitrogen and oxygen atoms in total. The molecule has 0 saturated heterocycles. The van der Waals surface area contributed by atoms with Crippen LogP contribution in [0.3, 0.4) is 0 Å². The maximum absolute atomic E-state index is 10.6. The third-order valence-corrected chi connectivity index (χ3v) is 2.07. The van der Waals surface area contributed by atoms with E-state index in [1.807, 2.05) is 13.2 Å². The van der Waals surface area contributed by atoms with Crippen molar-refractivity contribution in [2.75, 3.05) is 5.32 Å². The lowest BCUT2D eigenvalue weighted by molar-refractivity contribution is 0.0696. The van der Waals surface area contributed by atoms with E-state index in [0.717, 1.165) is 5.69 Å². The van der Waals surface area contributed by atoms with Crippen LogP contribution < -0.4 is 5.32 Å². The molecule has 16 heavy (non-hydrogen) atoms. The summed E-state index contributed by atoms with van der Waals surface area (Å²) in [6, 6.07) is 1.49. The Kier molecular flexibility index (Phi) is 2.63. The van der Waals surface area contributed by atoms with Gasteiger partial charge in [0.1, 0.15) is 12.0 Å². The van der Waals surface area contributed by atoms with Crippen LogP contribution in [0.4, 0.5) is 5.69 Å². The Morgan fingerprint density at radius 3 is 3.06 bits per heavy atom. The van der Waals surface area contributed by atoms with E-state index >= 15 is 0 Å². The zero-order valence-corrected chi connectivity index (χ0v) is 8.67. The van der Waals surface area contributed by atoms with Gasteiger partial charge in [0.25, 0.3) is 0 Å². The molecule has 6 heteroatoms. The van der Waals surface area contributed by atoms with Crippen LogP contribution in [0.1, 0.15) is 16.1 Å². The van der Waals surface area contributed by atoms with Gasteiger partial charge >= 0.3 is 5.97 Å². The smallest absolute Gasteiger partial charge is 0.338 e. The third-order valence-electron chi connectivity index (χ3n) is 2.07. The van der Waals surface area contributed by atoms with Crippen LogP contribution >= 0.6 is 0 Å². The van der Waals surface area contributed by atoms with E-state index in [4.69, 9.17) is 9.52 Å². The fourth-order valence-corrected chi connectivity index (χ4v) is 1.29. The number of aryl methyl sites for hydroxylation is 1. The van der Waals surface area contributed by atoms with Gasteiger partial charge in [-0.3, -0.25) is 4.68 Å². The highest BCUT2D eigenvalue weighted by Gasteiger charge is 2.07. The fourth-order valence-electron chi connectivity index (χ4n) is 1.29. The summed E-state index contributed by atoms with van der Waals surface area (Å²) in [6.45, 7) is 0.430. The van der Waals surface area contributed by atoms with Gasteiger partial charge < -0.3 is 14.8 Å². The summed E-state index contributed by atoms with van der Waals surface area (Å²) in [6.07, 6.45) is 4.73. The quantitative estimate of drug-likeness (QED) is 0.813. The first-order chi connectivity index (χ1) is 7.65. The molecule has 0 radical (unpaired) electrons. The zero-order chi connectivity index (χ0) is 11.5. The number of anilines is 1. The number of aromatic nitrogens is 2. The molecule has 0 unspecified atom stereocenters. The lowest BCUT2D eigenvalue weighted by Crippen LogP contribution is -1.97. The molecule has 0 saturated carbocycles. The molecule has 0 aromatic carbocycles. The molecule has 2 N–H and O–H groups in total. The number of aromatic carboxylic acids is 1. The number of nitrogens with one attached hydrogen (secondary N) is 1. The van der Waals surface area contributed by atoms with Gasteiger partial charge in [0, 0.05) is 13.2 Å². The van der Waals surface area contributed by atoms with Crippen LogP contribution in [-0.4, -0.2) is 20.9 Å². The average Bonchev–Trinajstić information content (AvgIpc) is 2.83. The van der Waals surface area contributed by atoms with Gasteiger partial charge in [0.15, 0.2) is 0 Å². The minimum absolute atomic E-state index is 0.156. The Morgan fingerprint density at radius 2 is 2.50 bits per heavy atom. The highest BCUT2D eigenvalue weighted by molar-refractivity contribution is 5.87.